The van der Waals surface area contributed by atoms with Gasteiger partial charge in [0.25, 0.3) is 5.69 Å². The summed E-state index contributed by atoms with van der Waals surface area (Å²) in [5.74, 6) is 5.54. The Morgan fingerprint density at radius 2 is 2.12 bits per heavy atom. The van der Waals surface area contributed by atoms with Crippen LogP contribution in [0.4, 0.5) is 11.6 Å². The molecular weight excluding hydrogens is 248 g/mol. The number of rotatable bonds is 2. The number of anilines is 1. The van der Waals surface area contributed by atoms with E-state index >= 15 is 0 Å². The Kier molecular flexibility index (Phi) is 2.56. The van der Waals surface area contributed by atoms with E-state index in [9.17, 15) is 10.1 Å². The molecule has 0 bridgehead atoms. The molecular formula is C8H7ClN6O2. The molecule has 88 valence electrons. The van der Waals surface area contributed by atoms with Crippen molar-refractivity contribution in [1.29, 1.82) is 0 Å². The molecule has 8 nitrogen and oxygen atoms in total. The van der Waals surface area contributed by atoms with Crippen molar-refractivity contribution in [2.24, 2.45) is 0 Å². The molecule has 0 unspecified atom stereocenters. The molecule has 0 aliphatic heterocycles. The van der Waals surface area contributed by atoms with Gasteiger partial charge in [-0.2, -0.15) is 0 Å². The second-order valence-electron chi connectivity index (χ2n) is 3.14. The first-order valence-electron chi connectivity index (χ1n) is 4.41. The third kappa shape index (κ3) is 1.74. The number of aromatic nitrogens is 3. The average Bonchev–Trinajstić information content (AvgIpc) is 2.60. The van der Waals surface area contributed by atoms with E-state index in [1.165, 1.54) is 18.2 Å². The summed E-state index contributed by atoms with van der Waals surface area (Å²) in [4.78, 5) is 10.3. The van der Waals surface area contributed by atoms with Crippen LogP contribution in [-0.2, 0) is 0 Å². The van der Waals surface area contributed by atoms with Gasteiger partial charge in [0.1, 0.15) is 5.56 Å². The maximum atomic E-state index is 10.9. The number of nitro groups is 1. The molecule has 17 heavy (non-hydrogen) atoms. The predicted octanol–water partition coefficient (Wildman–Crippen LogP) is 0.803. The first-order chi connectivity index (χ1) is 8.02. The fourth-order valence-electron chi connectivity index (χ4n) is 1.36. The molecule has 0 amide bonds. The summed E-state index contributed by atoms with van der Waals surface area (Å²) in [5.41, 5.74) is 5.28. The zero-order valence-electron chi connectivity index (χ0n) is 8.37. The van der Waals surface area contributed by atoms with Crippen molar-refractivity contribution in [2.45, 2.75) is 0 Å². The molecule has 0 atom stereocenters. The Morgan fingerprint density at radius 3 is 2.65 bits per heavy atom. The van der Waals surface area contributed by atoms with E-state index in [1.54, 1.807) is 0 Å². The number of benzene rings is 1. The highest BCUT2D eigenvalue weighted by Crippen LogP contribution is 2.34. The van der Waals surface area contributed by atoms with Crippen LogP contribution in [0.15, 0.2) is 18.2 Å². The maximum Gasteiger partial charge on any atom is 0.281 e. The standard InChI is InChI=1S/C8H7ClN6O2/c9-4-2-1-3-5(15(16)17)6(4)7-12-13-8(10)14(7)11/h1-3H,11H2,(H2,10,13). The van der Waals surface area contributed by atoms with Gasteiger partial charge in [0.15, 0.2) is 5.82 Å². The zero-order chi connectivity index (χ0) is 12.6. The summed E-state index contributed by atoms with van der Waals surface area (Å²) in [6.07, 6.45) is 0. The van der Waals surface area contributed by atoms with Gasteiger partial charge in [-0.1, -0.05) is 17.7 Å². The number of halogens is 1. The van der Waals surface area contributed by atoms with Crippen molar-refractivity contribution in [3.05, 3.63) is 33.3 Å². The molecule has 2 aromatic rings. The molecule has 1 aromatic heterocycles. The third-order valence-electron chi connectivity index (χ3n) is 2.13. The molecule has 1 heterocycles. The van der Waals surface area contributed by atoms with Crippen LogP contribution in [0.1, 0.15) is 0 Å². The lowest BCUT2D eigenvalue weighted by Crippen LogP contribution is -2.14. The van der Waals surface area contributed by atoms with Crippen LogP contribution in [-0.4, -0.2) is 19.8 Å². The smallest absolute Gasteiger partial charge is 0.281 e. The van der Waals surface area contributed by atoms with E-state index in [0.717, 1.165) is 4.68 Å². The van der Waals surface area contributed by atoms with Crippen molar-refractivity contribution < 1.29 is 4.92 Å². The van der Waals surface area contributed by atoms with E-state index in [0.29, 0.717) is 0 Å². The molecule has 2 rings (SSSR count). The highest BCUT2D eigenvalue weighted by molar-refractivity contribution is 6.33. The molecule has 0 saturated heterocycles. The molecule has 0 fully saturated rings. The fraction of sp³-hybridized carbons (Fsp3) is 0. The predicted molar refractivity (Wildman–Crippen MR) is 61.7 cm³/mol. The minimum Gasteiger partial charge on any atom is -0.366 e. The second kappa shape index (κ2) is 3.91. The number of nitrogens with two attached hydrogens (primary N) is 2. The van der Waals surface area contributed by atoms with Crippen LogP contribution in [0, 0.1) is 10.1 Å². The Balaban J connectivity index is 2.74. The van der Waals surface area contributed by atoms with Crippen molar-refractivity contribution in [3.8, 4) is 11.4 Å². The van der Waals surface area contributed by atoms with Gasteiger partial charge in [0.2, 0.25) is 5.95 Å². The highest BCUT2D eigenvalue weighted by atomic mass is 35.5. The molecule has 1 aromatic carbocycles. The van der Waals surface area contributed by atoms with Gasteiger partial charge in [-0.15, -0.1) is 10.2 Å². The van der Waals surface area contributed by atoms with Gasteiger partial charge in [0, 0.05) is 6.07 Å². The van der Waals surface area contributed by atoms with E-state index < -0.39 is 4.92 Å². The summed E-state index contributed by atoms with van der Waals surface area (Å²) in [6.45, 7) is 0. The quantitative estimate of drug-likeness (QED) is 0.464. The minimum absolute atomic E-state index is 0.0415. The van der Waals surface area contributed by atoms with Crippen molar-refractivity contribution in [3.63, 3.8) is 0 Å². The molecule has 0 saturated carbocycles. The van der Waals surface area contributed by atoms with E-state index in [4.69, 9.17) is 23.2 Å². The Hall–Kier alpha value is -2.35. The summed E-state index contributed by atoms with van der Waals surface area (Å²) in [6, 6.07) is 4.26. The second-order valence-corrected chi connectivity index (χ2v) is 3.55. The molecule has 0 spiro atoms. The fourth-order valence-corrected chi connectivity index (χ4v) is 1.61. The van der Waals surface area contributed by atoms with Crippen molar-refractivity contribution in [1.82, 2.24) is 14.9 Å². The Bertz CT molecular complexity index is 596. The summed E-state index contributed by atoms with van der Waals surface area (Å²) in [7, 11) is 0. The SMILES string of the molecule is Nc1nnc(-c2c(Cl)cccc2[N+](=O)[O-])n1N. The number of nitro benzene ring substituents is 1. The van der Waals surface area contributed by atoms with Crippen molar-refractivity contribution >= 4 is 23.2 Å². The van der Waals surface area contributed by atoms with E-state index in [-0.39, 0.29) is 28.0 Å². The lowest BCUT2D eigenvalue weighted by Gasteiger charge is -2.04. The van der Waals surface area contributed by atoms with Gasteiger partial charge in [0.05, 0.1) is 9.95 Å². The molecule has 0 aliphatic rings. The van der Waals surface area contributed by atoms with Crippen LogP contribution >= 0.6 is 11.6 Å². The van der Waals surface area contributed by atoms with Gasteiger partial charge >= 0.3 is 0 Å². The van der Waals surface area contributed by atoms with Crippen LogP contribution in [0.3, 0.4) is 0 Å². The summed E-state index contributed by atoms with van der Waals surface area (Å²) in [5, 5.41) is 18.2. The average molecular weight is 255 g/mol. The van der Waals surface area contributed by atoms with Crippen LogP contribution in [0.25, 0.3) is 11.4 Å². The Morgan fingerprint density at radius 1 is 1.41 bits per heavy atom. The summed E-state index contributed by atoms with van der Waals surface area (Å²) < 4.78 is 0.939. The lowest BCUT2D eigenvalue weighted by molar-refractivity contribution is -0.384. The topological polar surface area (TPSA) is 126 Å². The lowest BCUT2D eigenvalue weighted by atomic mass is 10.1. The molecule has 9 heteroatoms. The first kappa shape index (κ1) is 11.1. The van der Waals surface area contributed by atoms with E-state index in [2.05, 4.69) is 10.2 Å². The van der Waals surface area contributed by atoms with Crippen LogP contribution < -0.4 is 11.6 Å². The number of nitrogen functional groups attached to an aromatic ring is 2. The van der Waals surface area contributed by atoms with Gasteiger partial charge in [-0.3, -0.25) is 10.1 Å². The summed E-state index contributed by atoms with van der Waals surface area (Å²) >= 11 is 5.91. The van der Waals surface area contributed by atoms with Crippen LogP contribution in [0.2, 0.25) is 5.02 Å². The maximum absolute atomic E-state index is 10.9. The molecule has 4 N–H and O–H groups in total. The number of hydrogen-bond acceptors (Lipinski definition) is 6. The molecule has 0 radical (unpaired) electrons. The largest absolute Gasteiger partial charge is 0.366 e. The molecule has 0 aliphatic carbocycles. The van der Waals surface area contributed by atoms with Crippen molar-refractivity contribution in [2.75, 3.05) is 11.6 Å². The van der Waals surface area contributed by atoms with Gasteiger partial charge in [-0.05, 0) is 6.07 Å². The number of hydrogen-bond donors (Lipinski definition) is 2. The van der Waals surface area contributed by atoms with Crippen LogP contribution in [0.5, 0.6) is 0 Å². The Labute approximate surface area is 99.9 Å². The zero-order valence-corrected chi connectivity index (χ0v) is 9.13. The highest BCUT2D eigenvalue weighted by Gasteiger charge is 2.23. The number of nitrogens with zero attached hydrogens (tertiary/aromatic N) is 4. The first-order valence-corrected chi connectivity index (χ1v) is 4.79. The minimum atomic E-state index is -0.577. The normalized spacial score (nSPS) is 10.4. The van der Waals surface area contributed by atoms with Gasteiger partial charge in [-0.25, -0.2) is 4.68 Å². The monoisotopic (exact) mass is 254 g/mol. The van der Waals surface area contributed by atoms with Gasteiger partial charge < -0.3 is 11.6 Å². The third-order valence-corrected chi connectivity index (χ3v) is 2.45. The van der Waals surface area contributed by atoms with E-state index in [1.807, 2.05) is 0 Å².